The number of carboxylic acids is 1. The van der Waals surface area contributed by atoms with Crippen molar-refractivity contribution in [2.75, 3.05) is 0 Å². The molecule has 0 aliphatic heterocycles. The molecular formula is C40H56O3. The third kappa shape index (κ3) is 14.5. The van der Waals surface area contributed by atoms with E-state index in [9.17, 15) is 9.59 Å². The Bertz CT molecular complexity index is 1290. The lowest BCUT2D eigenvalue weighted by Crippen LogP contribution is -2.19. The molecule has 0 bridgehead atoms. The molecule has 0 saturated carbocycles. The lowest BCUT2D eigenvalue weighted by molar-refractivity contribution is -0.131. The van der Waals surface area contributed by atoms with Gasteiger partial charge in [0.05, 0.1) is 0 Å². The number of carboxylic acid groups (broad SMARTS) is 1. The molecule has 0 aromatic heterocycles. The number of aldehydes is 1. The van der Waals surface area contributed by atoms with E-state index >= 15 is 0 Å². The lowest BCUT2D eigenvalue weighted by atomic mass is 9.72. The van der Waals surface area contributed by atoms with Crippen LogP contribution in [0.4, 0.5) is 0 Å². The Kier molecular flexibility index (Phi) is 16.0. The van der Waals surface area contributed by atoms with Crippen LogP contribution in [0.3, 0.4) is 0 Å². The highest BCUT2D eigenvalue weighted by Gasteiger charge is 2.27. The Morgan fingerprint density at radius 1 is 0.651 bits per heavy atom. The Hall–Kier alpha value is -3.46. The van der Waals surface area contributed by atoms with Crippen molar-refractivity contribution in [2.45, 2.75) is 108 Å². The summed E-state index contributed by atoms with van der Waals surface area (Å²) in [6.45, 7) is 21.7. The molecule has 3 heteroatoms. The fourth-order valence-corrected chi connectivity index (χ4v) is 5.67. The van der Waals surface area contributed by atoms with Crippen molar-refractivity contribution in [3.8, 4) is 0 Å². The molecule has 0 heterocycles. The molecule has 0 atom stereocenters. The van der Waals surface area contributed by atoms with E-state index in [4.69, 9.17) is 5.11 Å². The van der Waals surface area contributed by atoms with Crippen LogP contribution >= 0.6 is 0 Å². The monoisotopic (exact) mass is 584 g/mol. The molecule has 0 radical (unpaired) electrons. The molecule has 0 fully saturated rings. The van der Waals surface area contributed by atoms with Gasteiger partial charge in [0.15, 0.2) is 0 Å². The maximum atomic E-state index is 10.5. The molecule has 0 aromatic rings. The van der Waals surface area contributed by atoms with E-state index in [0.29, 0.717) is 0 Å². The summed E-state index contributed by atoms with van der Waals surface area (Å²) in [7, 11) is 0. The molecule has 0 saturated heterocycles. The molecule has 43 heavy (non-hydrogen) atoms. The minimum Gasteiger partial charge on any atom is -0.478 e. The van der Waals surface area contributed by atoms with Crippen LogP contribution in [0.5, 0.6) is 0 Å². The van der Waals surface area contributed by atoms with E-state index in [0.717, 1.165) is 23.0 Å². The minimum atomic E-state index is -0.912. The van der Waals surface area contributed by atoms with Crippen molar-refractivity contribution >= 4 is 12.3 Å². The number of carbonyl (C=O) groups excluding carboxylic acids is 1. The Balaban J connectivity index is 0.000000430. The zero-order valence-corrected chi connectivity index (χ0v) is 28.5. The second-order valence-electron chi connectivity index (χ2n) is 13.3. The summed E-state index contributed by atoms with van der Waals surface area (Å²) in [5.74, 6) is -0.912. The third-order valence-corrected chi connectivity index (χ3v) is 8.23. The van der Waals surface area contributed by atoms with Crippen LogP contribution in [0, 0.1) is 10.8 Å². The van der Waals surface area contributed by atoms with Gasteiger partial charge in [-0.2, -0.15) is 0 Å². The quantitative estimate of drug-likeness (QED) is 0.158. The number of aliphatic carboxylic acids is 1. The van der Waals surface area contributed by atoms with Gasteiger partial charge in [-0.3, -0.25) is 4.79 Å². The molecule has 2 rings (SSSR count). The predicted octanol–water partition coefficient (Wildman–Crippen LogP) is 11.3. The van der Waals surface area contributed by atoms with Crippen molar-refractivity contribution in [3.05, 3.63) is 117 Å². The topological polar surface area (TPSA) is 54.4 Å². The van der Waals surface area contributed by atoms with Crippen molar-refractivity contribution in [1.82, 2.24) is 0 Å². The van der Waals surface area contributed by atoms with E-state index < -0.39 is 5.97 Å². The third-order valence-electron chi connectivity index (χ3n) is 8.23. The zero-order valence-electron chi connectivity index (χ0n) is 28.5. The van der Waals surface area contributed by atoms with Gasteiger partial charge in [0.2, 0.25) is 0 Å². The number of hydrogen-bond acceptors (Lipinski definition) is 2. The van der Waals surface area contributed by atoms with Gasteiger partial charge >= 0.3 is 5.97 Å². The second-order valence-corrected chi connectivity index (χ2v) is 13.3. The highest BCUT2D eigenvalue weighted by atomic mass is 16.4. The van der Waals surface area contributed by atoms with Crippen LogP contribution < -0.4 is 0 Å². The summed E-state index contributed by atoms with van der Waals surface area (Å²) in [5.41, 5.74) is 10.6. The maximum absolute atomic E-state index is 10.5. The molecule has 2 aliphatic rings. The van der Waals surface area contributed by atoms with Crippen molar-refractivity contribution in [1.29, 1.82) is 0 Å². The Morgan fingerprint density at radius 3 is 1.42 bits per heavy atom. The smallest absolute Gasteiger partial charge is 0.328 e. The molecule has 1 N–H and O–H groups in total. The predicted molar refractivity (Wildman–Crippen MR) is 186 cm³/mol. The normalized spacial score (nSPS) is 20.4. The van der Waals surface area contributed by atoms with E-state index in [-0.39, 0.29) is 10.8 Å². The van der Waals surface area contributed by atoms with Crippen molar-refractivity contribution in [3.63, 3.8) is 0 Å². The van der Waals surface area contributed by atoms with Gasteiger partial charge in [0.25, 0.3) is 0 Å². The summed E-state index contributed by atoms with van der Waals surface area (Å²) in [5, 5.41) is 8.65. The largest absolute Gasteiger partial charge is 0.478 e. The molecule has 234 valence electrons. The van der Waals surface area contributed by atoms with Crippen LogP contribution in [0.2, 0.25) is 0 Å². The van der Waals surface area contributed by atoms with E-state index in [1.165, 1.54) is 72.5 Å². The van der Waals surface area contributed by atoms with Crippen LogP contribution in [-0.4, -0.2) is 17.4 Å². The molecule has 0 amide bonds. The SMILES string of the molecule is CC1=C(/C=C/C(C)=C/C=C/C(C)=C/C(=O)O)C(C)(C)CCC1.CC1=C(/C=C/C(C)=C/C=C/C(C)=C/C=O)C(C)(C)CCC1. The van der Waals surface area contributed by atoms with Crippen molar-refractivity contribution in [2.24, 2.45) is 10.8 Å². The standard InChI is InChI=1S/C20H28O2.C20H28O/c1-15(8-6-9-16(2)14-19(21)22)11-12-18-17(3)10-7-13-20(18,4)5;1-16(8-6-9-17(2)13-15-21)11-12-19-18(3)10-7-14-20(19,4)5/h6,8-9,11-12,14H,7,10,13H2,1-5H3,(H,21,22);6,8-9,11-13,15H,7,10,14H2,1-5H3/b9-6+,12-11+,15-8+,16-14+;9-6+,12-11+,16-8+,17-13+. The van der Waals surface area contributed by atoms with Gasteiger partial charge < -0.3 is 5.11 Å². The maximum Gasteiger partial charge on any atom is 0.328 e. The minimum absolute atomic E-state index is 0.260. The first-order valence-corrected chi connectivity index (χ1v) is 15.6. The summed E-state index contributed by atoms with van der Waals surface area (Å²) in [6.07, 6.45) is 31.7. The zero-order chi connectivity index (χ0) is 32.6. The lowest BCUT2D eigenvalue weighted by Gasteiger charge is -2.33. The van der Waals surface area contributed by atoms with Gasteiger partial charge in [0, 0.05) is 6.08 Å². The van der Waals surface area contributed by atoms with Gasteiger partial charge in [-0.25, -0.2) is 4.79 Å². The van der Waals surface area contributed by atoms with Crippen LogP contribution in [0.1, 0.15) is 108 Å². The van der Waals surface area contributed by atoms with Gasteiger partial charge in [-0.15, -0.1) is 0 Å². The van der Waals surface area contributed by atoms with Gasteiger partial charge in [-0.05, 0) is 119 Å². The number of hydrogen-bond donors (Lipinski definition) is 1. The molecule has 0 aromatic carbocycles. The first-order chi connectivity index (χ1) is 20.1. The first kappa shape index (κ1) is 37.6. The molecule has 0 spiro atoms. The molecule has 3 nitrogen and oxygen atoms in total. The molecular weight excluding hydrogens is 528 g/mol. The van der Waals surface area contributed by atoms with E-state index in [1.54, 1.807) is 19.1 Å². The van der Waals surface area contributed by atoms with Gasteiger partial charge in [0.1, 0.15) is 6.29 Å². The van der Waals surface area contributed by atoms with Crippen LogP contribution in [0.25, 0.3) is 0 Å². The second kappa shape index (κ2) is 18.3. The number of rotatable bonds is 10. The summed E-state index contributed by atoms with van der Waals surface area (Å²) < 4.78 is 0. The summed E-state index contributed by atoms with van der Waals surface area (Å²) >= 11 is 0. The Labute approximate surface area is 262 Å². The fourth-order valence-electron chi connectivity index (χ4n) is 5.67. The van der Waals surface area contributed by atoms with Crippen LogP contribution in [-0.2, 0) is 9.59 Å². The average Bonchev–Trinajstić information content (AvgIpc) is 2.87. The highest BCUT2D eigenvalue weighted by Crippen LogP contribution is 2.41. The summed E-state index contributed by atoms with van der Waals surface area (Å²) in [4.78, 5) is 20.9. The molecule has 2 aliphatic carbocycles. The van der Waals surface area contributed by atoms with Crippen LogP contribution in [0.15, 0.2) is 117 Å². The number of carbonyl (C=O) groups is 2. The first-order valence-electron chi connectivity index (χ1n) is 15.6. The fraction of sp³-hybridized carbons (Fsp3) is 0.450. The van der Waals surface area contributed by atoms with Gasteiger partial charge in [-0.1, -0.05) is 111 Å². The number of allylic oxidation sites excluding steroid dienone is 19. The van der Waals surface area contributed by atoms with E-state index in [1.807, 2.05) is 31.2 Å². The van der Waals surface area contributed by atoms with E-state index in [2.05, 4.69) is 85.8 Å². The average molecular weight is 585 g/mol. The van der Waals surface area contributed by atoms with Crippen molar-refractivity contribution < 1.29 is 14.7 Å². The highest BCUT2D eigenvalue weighted by molar-refractivity contribution is 5.81. The molecule has 0 unspecified atom stereocenters. The summed E-state index contributed by atoms with van der Waals surface area (Å²) in [6, 6.07) is 0. The Morgan fingerprint density at radius 2 is 1.05 bits per heavy atom.